The molecule has 4 aromatic rings. The Morgan fingerprint density at radius 3 is 2.88 bits per heavy atom. The zero-order valence-corrected chi connectivity index (χ0v) is 18.3. The molecule has 9 heteroatoms. The van der Waals surface area contributed by atoms with E-state index in [0.717, 1.165) is 71.9 Å². The second-order valence-electron chi connectivity index (χ2n) is 9.24. The molecule has 1 saturated heterocycles. The summed E-state index contributed by atoms with van der Waals surface area (Å²) in [5.74, 6) is 0.847. The molecule has 0 amide bonds. The molecule has 1 atom stereocenters. The number of aryl methyl sites for hydroxylation is 1. The van der Waals surface area contributed by atoms with Gasteiger partial charge < -0.3 is 10.6 Å². The third-order valence-corrected chi connectivity index (χ3v) is 7.50. The summed E-state index contributed by atoms with van der Waals surface area (Å²) < 4.78 is 1.97. The Morgan fingerprint density at radius 1 is 1.28 bits per heavy atom. The first kappa shape index (κ1) is 19.4. The SMILES string of the molecule is C=C(c1ccnc(C)c1)c1n[nH]c2nc(N3CCC4(CCC[C@H]4N)CC3)n3cnnc3c12. The van der Waals surface area contributed by atoms with Crippen LogP contribution in [0, 0.1) is 12.3 Å². The molecule has 0 aromatic carbocycles. The number of rotatable bonds is 3. The molecule has 1 aliphatic carbocycles. The largest absolute Gasteiger partial charge is 0.342 e. The quantitative estimate of drug-likeness (QED) is 0.515. The van der Waals surface area contributed by atoms with Crippen LogP contribution >= 0.6 is 0 Å². The highest BCUT2D eigenvalue weighted by Gasteiger charge is 2.43. The van der Waals surface area contributed by atoms with Gasteiger partial charge in [0.2, 0.25) is 5.95 Å². The molecule has 4 aromatic heterocycles. The summed E-state index contributed by atoms with van der Waals surface area (Å²) in [6.07, 6.45) is 9.37. The van der Waals surface area contributed by atoms with Crippen LogP contribution < -0.4 is 10.6 Å². The van der Waals surface area contributed by atoms with Crippen LogP contribution in [0.25, 0.3) is 22.3 Å². The third-order valence-electron chi connectivity index (χ3n) is 7.50. The number of anilines is 1. The van der Waals surface area contributed by atoms with Gasteiger partial charge >= 0.3 is 0 Å². The Bertz CT molecular complexity index is 1330. The van der Waals surface area contributed by atoms with E-state index >= 15 is 0 Å². The molecular formula is C23H27N9. The van der Waals surface area contributed by atoms with Crippen LogP contribution in [0.2, 0.25) is 0 Å². The monoisotopic (exact) mass is 429 g/mol. The van der Waals surface area contributed by atoms with Gasteiger partial charge in [0, 0.05) is 36.6 Å². The molecule has 3 N–H and O–H groups in total. The standard InChI is InChI=1S/C23H27N9/c1-14-12-16(5-9-25-14)15(2)19-18-20(29-28-19)27-22(32-13-26-30-21(18)32)31-10-7-23(8-11-31)6-3-4-17(23)24/h5,9,12-13,17H,2-4,6-8,10-11,24H2,1H3,(H,28,29)/t17-/m1/s1. The van der Waals surface area contributed by atoms with Crippen LogP contribution in [0.3, 0.4) is 0 Å². The maximum atomic E-state index is 6.48. The van der Waals surface area contributed by atoms with Crippen LogP contribution in [-0.2, 0) is 0 Å². The van der Waals surface area contributed by atoms with Gasteiger partial charge in [-0.1, -0.05) is 13.0 Å². The Hall–Kier alpha value is -3.33. The van der Waals surface area contributed by atoms with Gasteiger partial charge in [-0.3, -0.25) is 14.5 Å². The lowest BCUT2D eigenvalue weighted by molar-refractivity contribution is 0.197. The Labute approximate surface area is 185 Å². The van der Waals surface area contributed by atoms with Gasteiger partial charge in [-0.05, 0) is 55.7 Å². The van der Waals surface area contributed by atoms with Crippen molar-refractivity contribution in [2.75, 3.05) is 18.0 Å². The first-order chi connectivity index (χ1) is 15.6. The van der Waals surface area contributed by atoms with Gasteiger partial charge in [0.1, 0.15) is 12.0 Å². The number of fused-ring (bicyclic) bond motifs is 3. The molecule has 9 nitrogen and oxygen atoms in total. The molecule has 5 heterocycles. The first-order valence-corrected chi connectivity index (χ1v) is 11.3. The van der Waals surface area contributed by atoms with Crippen LogP contribution in [0.5, 0.6) is 0 Å². The van der Waals surface area contributed by atoms with Crippen molar-refractivity contribution >= 4 is 28.2 Å². The molecule has 1 saturated carbocycles. The van der Waals surface area contributed by atoms with Crippen LogP contribution in [-0.4, -0.2) is 53.9 Å². The van der Waals surface area contributed by atoms with Crippen LogP contribution in [0.4, 0.5) is 5.95 Å². The summed E-state index contributed by atoms with van der Waals surface area (Å²) in [7, 11) is 0. The van der Waals surface area contributed by atoms with E-state index in [0.29, 0.717) is 17.1 Å². The lowest BCUT2D eigenvalue weighted by Gasteiger charge is -2.42. The molecule has 2 aliphatic rings. The predicted molar refractivity (Wildman–Crippen MR) is 123 cm³/mol. The second kappa shape index (κ2) is 7.09. The molecule has 1 aliphatic heterocycles. The fourth-order valence-electron chi connectivity index (χ4n) is 5.58. The highest BCUT2D eigenvalue weighted by Crippen LogP contribution is 2.46. The predicted octanol–water partition coefficient (Wildman–Crippen LogP) is 2.86. The lowest BCUT2D eigenvalue weighted by atomic mass is 9.74. The fourth-order valence-corrected chi connectivity index (χ4v) is 5.58. The van der Waals surface area contributed by atoms with Crippen molar-refractivity contribution in [2.24, 2.45) is 11.1 Å². The molecule has 1 spiro atoms. The molecule has 32 heavy (non-hydrogen) atoms. The van der Waals surface area contributed by atoms with E-state index in [1.165, 1.54) is 12.8 Å². The molecule has 164 valence electrons. The number of nitrogens with zero attached hydrogens (tertiary/aromatic N) is 7. The Balaban J connectivity index is 1.39. The van der Waals surface area contributed by atoms with Gasteiger partial charge in [-0.25, -0.2) is 0 Å². The van der Waals surface area contributed by atoms with Gasteiger partial charge in [-0.2, -0.15) is 10.1 Å². The zero-order chi connectivity index (χ0) is 21.9. The number of hydrogen-bond donors (Lipinski definition) is 2. The summed E-state index contributed by atoms with van der Waals surface area (Å²) in [4.78, 5) is 11.6. The summed E-state index contributed by atoms with van der Waals surface area (Å²) in [6, 6.07) is 4.27. The van der Waals surface area contributed by atoms with Crippen LogP contribution in [0.1, 0.15) is 49.1 Å². The maximum Gasteiger partial charge on any atom is 0.214 e. The van der Waals surface area contributed by atoms with E-state index in [4.69, 9.17) is 10.7 Å². The molecule has 0 bridgehead atoms. The molecular weight excluding hydrogens is 402 g/mol. The topological polar surface area (TPSA) is 114 Å². The maximum absolute atomic E-state index is 6.48. The number of H-pyrrole nitrogens is 1. The van der Waals surface area contributed by atoms with Crippen molar-refractivity contribution in [3.8, 4) is 0 Å². The van der Waals surface area contributed by atoms with E-state index in [2.05, 4.69) is 36.9 Å². The van der Waals surface area contributed by atoms with Crippen molar-refractivity contribution in [3.05, 3.63) is 48.2 Å². The van der Waals surface area contributed by atoms with Crippen molar-refractivity contribution in [1.82, 2.24) is 34.8 Å². The number of nitrogens with two attached hydrogens (primary N) is 1. The van der Waals surface area contributed by atoms with Crippen molar-refractivity contribution < 1.29 is 0 Å². The minimum atomic E-state index is 0.300. The van der Waals surface area contributed by atoms with Gasteiger partial charge in [0.25, 0.3) is 0 Å². The summed E-state index contributed by atoms with van der Waals surface area (Å²) >= 11 is 0. The van der Waals surface area contributed by atoms with Gasteiger partial charge in [-0.15, -0.1) is 10.2 Å². The average Bonchev–Trinajstić information content (AvgIpc) is 3.52. The molecule has 2 fully saturated rings. The zero-order valence-electron chi connectivity index (χ0n) is 18.3. The number of aromatic amines is 1. The number of nitrogens with one attached hydrogen (secondary N) is 1. The minimum Gasteiger partial charge on any atom is -0.342 e. The normalized spacial score (nSPS) is 20.6. The van der Waals surface area contributed by atoms with Gasteiger partial charge in [0.05, 0.1) is 5.39 Å². The second-order valence-corrected chi connectivity index (χ2v) is 9.24. The Kier molecular flexibility index (Phi) is 4.29. The summed E-state index contributed by atoms with van der Waals surface area (Å²) in [5.41, 5.74) is 11.7. The summed E-state index contributed by atoms with van der Waals surface area (Å²) in [5, 5.41) is 17.1. The number of aromatic nitrogens is 7. The molecule has 0 unspecified atom stereocenters. The average molecular weight is 430 g/mol. The van der Waals surface area contributed by atoms with E-state index in [-0.39, 0.29) is 0 Å². The smallest absolute Gasteiger partial charge is 0.214 e. The third kappa shape index (κ3) is 2.84. The van der Waals surface area contributed by atoms with Crippen LogP contribution in [0.15, 0.2) is 31.2 Å². The van der Waals surface area contributed by atoms with Crippen molar-refractivity contribution in [1.29, 1.82) is 0 Å². The minimum absolute atomic E-state index is 0.300. The lowest BCUT2D eigenvalue weighted by Crippen LogP contribution is -2.47. The van der Waals surface area contributed by atoms with Crippen molar-refractivity contribution in [3.63, 3.8) is 0 Å². The van der Waals surface area contributed by atoms with E-state index in [9.17, 15) is 0 Å². The van der Waals surface area contributed by atoms with E-state index in [1.807, 2.05) is 23.5 Å². The summed E-state index contributed by atoms with van der Waals surface area (Å²) in [6.45, 7) is 8.12. The highest BCUT2D eigenvalue weighted by atomic mass is 15.4. The molecule has 0 radical (unpaired) electrons. The van der Waals surface area contributed by atoms with Crippen molar-refractivity contribution in [2.45, 2.75) is 45.1 Å². The Morgan fingerprint density at radius 2 is 2.12 bits per heavy atom. The molecule has 6 rings (SSSR count). The van der Waals surface area contributed by atoms with Gasteiger partial charge in [0.15, 0.2) is 11.3 Å². The number of pyridine rings is 1. The van der Waals surface area contributed by atoms with E-state index < -0.39 is 0 Å². The number of piperidine rings is 1. The first-order valence-electron chi connectivity index (χ1n) is 11.3. The highest BCUT2D eigenvalue weighted by molar-refractivity contribution is 6.00. The fraction of sp³-hybridized carbons (Fsp3) is 0.435. The number of hydrogen-bond acceptors (Lipinski definition) is 7. The van der Waals surface area contributed by atoms with E-state index in [1.54, 1.807) is 12.5 Å².